The monoisotopic (exact) mass is 283 g/mol. The van der Waals surface area contributed by atoms with Crippen molar-refractivity contribution in [2.45, 2.75) is 40.2 Å². The van der Waals surface area contributed by atoms with Crippen LogP contribution in [0, 0.1) is 13.8 Å². The van der Waals surface area contributed by atoms with Gasteiger partial charge >= 0.3 is 0 Å². The predicted molar refractivity (Wildman–Crippen MR) is 89.1 cm³/mol. The molecule has 1 N–H and O–H groups in total. The van der Waals surface area contributed by atoms with Crippen LogP contribution in [-0.2, 0) is 0 Å². The van der Waals surface area contributed by atoms with E-state index in [0.29, 0.717) is 6.04 Å². The largest absolute Gasteiger partial charge is 0.457 e. The average Bonchev–Trinajstić information content (AvgIpc) is 2.50. The molecule has 1 unspecified atom stereocenters. The fourth-order valence-corrected chi connectivity index (χ4v) is 2.26. The molecule has 2 aromatic rings. The Labute approximate surface area is 128 Å². The van der Waals surface area contributed by atoms with Crippen LogP contribution >= 0.6 is 0 Å². The molecule has 0 aliphatic heterocycles. The van der Waals surface area contributed by atoms with Gasteiger partial charge in [0.25, 0.3) is 0 Å². The van der Waals surface area contributed by atoms with Gasteiger partial charge in [-0.15, -0.1) is 0 Å². The Morgan fingerprint density at radius 3 is 2.43 bits per heavy atom. The van der Waals surface area contributed by atoms with Crippen LogP contribution in [0.2, 0.25) is 0 Å². The van der Waals surface area contributed by atoms with Crippen molar-refractivity contribution in [1.29, 1.82) is 0 Å². The van der Waals surface area contributed by atoms with Crippen molar-refractivity contribution in [3.8, 4) is 11.5 Å². The van der Waals surface area contributed by atoms with Gasteiger partial charge in [0.1, 0.15) is 11.5 Å². The van der Waals surface area contributed by atoms with E-state index in [0.717, 1.165) is 24.5 Å². The third kappa shape index (κ3) is 4.08. The maximum Gasteiger partial charge on any atom is 0.130 e. The van der Waals surface area contributed by atoms with Gasteiger partial charge in [0.15, 0.2) is 0 Å². The molecule has 112 valence electrons. The Hall–Kier alpha value is -1.80. The van der Waals surface area contributed by atoms with Gasteiger partial charge in [-0.1, -0.05) is 31.2 Å². The van der Waals surface area contributed by atoms with Crippen LogP contribution in [0.1, 0.15) is 43.0 Å². The standard InChI is InChI=1S/C19H25NO/c1-5-13-20-16(4)17-9-11-18(12-10-17)21-19-8-6-7-14(2)15(19)3/h6-12,16,20H,5,13H2,1-4H3. The summed E-state index contributed by atoms with van der Waals surface area (Å²) >= 11 is 0. The highest BCUT2D eigenvalue weighted by Crippen LogP contribution is 2.27. The van der Waals surface area contributed by atoms with E-state index in [1.807, 2.05) is 24.3 Å². The number of rotatable bonds is 6. The molecule has 0 spiro atoms. The number of ether oxygens (including phenoxy) is 1. The highest BCUT2D eigenvalue weighted by molar-refractivity contribution is 5.41. The summed E-state index contributed by atoms with van der Waals surface area (Å²) in [5.41, 5.74) is 3.73. The van der Waals surface area contributed by atoms with Crippen molar-refractivity contribution < 1.29 is 4.74 Å². The molecule has 0 aromatic heterocycles. The summed E-state index contributed by atoms with van der Waals surface area (Å²) in [4.78, 5) is 0. The summed E-state index contributed by atoms with van der Waals surface area (Å²) in [6.07, 6.45) is 1.15. The molecule has 0 saturated heterocycles. The Kier molecular flexibility index (Phi) is 5.40. The van der Waals surface area contributed by atoms with E-state index < -0.39 is 0 Å². The number of benzene rings is 2. The molecular weight excluding hydrogens is 258 g/mol. The SMILES string of the molecule is CCCNC(C)c1ccc(Oc2cccc(C)c2C)cc1. The molecule has 0 aliphatic carbocycles. The van der Waals surface area contributed by atoms with E-state index in [4.69, 9.17) is 4.74 Å². The summed E-state index contributed by atoms with van der Waals surface area (Å²) < 4.78 is 5.99. The second-order valence-corrected chi connectivity index (χ2v) is 5.54. The first-order valence-electron chi connectivity index (χ1n) is 7.69. The molecule has 0 radical (unpaired) electrons. The first-order valence-corrected chi connectivity index (χ1v) is 7.69. The Morgan fingerprint density at radius 2 is 1.76 bits per heavy atom. The van der Waals surface area contributed by atoms with Gasteiger partial charge in [0.2, 0.25) is 0 Å². The number of aryl methyl sites for hydroxylation is 1. The lowest BCUT2D eigenvalue weighted by atomic mass is 10.1. The van der Waals surface area contributed by atoms with Crippen LogP contribution in [0.3, 0.4) is 0 Å². The molecule has 2 nitrogen and oxygen atoms in total. The summed E-state index contributed by atoms with van der Waals surface area (Å²) in [7, 11) is 0. The smallest absolute Gasteiger partial charge is 0.130 e. The van der Waals surface area contributed by atoms with E-state index in [1.54, 1.807) is 0 Å². The van der Waals surface area contributed by atoms with Gasteiger partial charge in [-0.05, 0) is 68.6 Å². The van der Waals surface area contributed by atoms with Gasteiger partial charge < -0.3 is 10.1 Å². The molecule has 1 atom stereocenters. The number of nitrogens with one attached hydrogen (secondary N) is 1. The third-order valence-corrected chi connectivity index (χ3v) is 3.86. The lowest BCUT2D eigenvalue weighted by Crippen LogP contribution is -2.19. The zero-order valence-electron chi connectivity index (χ0n) is 13.4. The number of hydrogen-bond acceptors (Lipinski definition) is 2. The highest BCUT2D eigenvalue weighted by Gasteiger charge is 2.06. The Balaban J connectivity index is 2.07. The van der Waals surface area contributed by atoms with Gasteiger partial charge in [0, 0.05) is 6.04 Å². The third-order valence-electron chi connectivity index (χ3n) is 3.86. The van der Waals surface area contributed by atoms with E-state index in [1.165, 1.54) is 16.7 Å². The first-order chi connectivity index (χ1) is 10.1. The summed E-state index contributed by atoms with van der Waals surface area (Å²) in [6.45, 7) is 9.61. The van der Waals surface area contributed by atoms with E-state index in [-0.39, 0.29) is 0 Å². The van der Waals surface area contributed by atoms with Crippen LogP contribution in [0.4, 0.5) is 0 Å². The second kappa shape index (κ2) is 7.28. The van der Waals surface area contributed by atoms with Crippen LogP contribution in [0.25, 0.3) is 0 Å². The predicted octanol–water partition coefficient (Wildman–Crippen LogP) is 5.16. The zero-order chi connectivity index (χ0) is 15.2. The van der Waals surface area contributed by atoms with Crippen molar-refractivity contribution >= 4 is 0 Å². The molecule has 2 rings (SSSR count). The molecular formula is C19H25NO. The van der Waals surface area contributed by atoms with Crippen molar-refractivity contribution in [1.82, 2.24) is 5.32 Å². The van der Waals surface area contributed by atoms with Crippen molar-refractivity contribution in [2.75, 3.05) is 6.54 Å². The van der Waals surface area contributed by atoms with E-state index in [2.05, 4.69) is 51.2 Å². The Bertz CT molecular complexity index is 575. The molecule has 0 aliphatic rings. The molecule has 2 heteroatoms. The van der Waals surface area contributed by atoms with Gasteiger partial charge in [-0.3, -0.25) is 0 Å². The minimum atomic E-state index is 0.375. The van der Waals surface area contributed by atoms with Crippen molar-refractivity contribution in [3.63, 3.8) is 0 Å². The van der Waals surface area contributed by atoms with Crippen LogP contribution in [0.15, 0.2) is 42.5 Å². The van der Waals surface area contributed by atoms with Crippen molar-refractivity contribution in [2.24, 2.45) is 0 Å². The summed E-state index contributed by atoms with van der Waals surface area (Å²) in [5, 5.41) is 3.49. The minimum absolute atomic E-state index is 0.375. The maximum absolute atomic E-state index is 5.99. The molecule has 2 aromatic carbocycles. The summed E-state index contributed by atoms with van der Waals surface area (Å²) in [6, 6.07) is 14.9. The topological polar surface area (TPSA) is 21.3 Å². The fourth-order valence-electron chi connectivity index (χ4n) is 2.26. The van der Waals surface area contributed by atoms with Crippen LogP contribution < -0.4 is 10.1 Å². The van der Waals surface area contributed by atoms with Gasteiger partial charge in [-0.2, -0.15) is 0 Å². The highest BCUT2D eigenvalue weighted by atomic mass is 16.5. The normalized spacial score (nSPS) is 12.2. The fraction of sp³-hybridized carbons (Fsp3) is 0.368. The quantitative estimate of drug-likeness (QED) is 0.791. The first kappa shape index (κ1) is 15.6. The molecule has 21 heavy (non-hydrogen) atoms. The molecule has 0 fully saturated rings. The van der Waals surface area contributed by atoms with Gasteiger partial charge in [-0.25, -0.2) is 0 Å². The lowest BCUT2D eigenvalue weighted by Gasteiger charge is -2.15. The van der Waals surface area contributed by atoms with Crippen LogP contribution in [-0.4, -0.2) is 6.54 Å². The van der Waals surface area contributed by atoms with Crippen molar-refractivity contribution in [3.05, 3.63) is 59.2 Å². The summed E-state index contributed by atoms with van der Waals surface area (Å²) in [5.74, 6) is 1.81. The minimum Gasteiger partial charge on any atom is -0.457 e. The Morgan fingerprint density at radius 1 is 1.05 bits per heavy atom. The zero-order valence-corrected chi connectivity index (χ0v) is 13.4. The van der Waals surface area contributed by atoms with Gasteiger partial charge in [0.05, 0.1) is 0 Å². The van der Waals surface area contributed by atoms with E-state index >= 15 is 0 Å². The van der Waals surface area contributed by atoms with E-state index in [9.17, 15) is 0 Å². The lowest BCUT2D eigenvalue weighted by molar-refractivity contribution is 0.477. The molecule has 0 saturated carbocycles. The molecule has 0 heterocycles. The average molecular weight is 283 g/mol. The van der Waals surface area contributed by atoms with Crippen LogP contribution in [0.5, 0.6) is 11.5 Å². The molecule has 0 bridgehead atoms. The number of hydrogen-bond donors (Lipinski definition) is 1. The maximum atomic E-state index is 5.99. The molecule has 0 amide bonds. The second-order valence-electron chi connectivity index (χ2n) is 5.54.